The predicted molar refractivity (Wildman–Crippen MR) is 75.5 cm³/mol. The highest BCUT2D eigenvalue weighted by molar-refractivity contribution is 6.30. The predicted octanol–water partition coefficient (Wildman–Crippen LogP) is 1.92. The average Bonchev–Trinajstić information content (AvgIpc) is 2.92. The van der Waals surface area contributed by atoms with Gasteiger partial charge in [-0.3, -0.25) is 4.79 Å². The molecule has 1 heterocycles. The molecule has 1 fully saturated rings. The van der Waals surface area contributed by atoms with Gasteiger partial charge in [-0.2, -0.15) is 0 Å². The van der Waals surface area contributed by atoms with Crippen molar-refractivity contribution >= 4 is 17.5 Å². The summed E-state index contributed by atoms with van der Waals surface area (Å²) in [6.45, 7) is 2.21. The molecule has 1 aromatic carbocycles. The molecular weight excluding hydrogens is 264 g/mol. The largest absolute Gasteiger partial charge is 0.496 e. The maximum Gasteiger partial charge on any atom is 0.227 e. The molecule has 4 nitrogen and oxygen atoms in total. The normalized spacial score (nSPS) is 18.4. The highest BCUT2D eigenvalue weighted by atomic mass is 35.5. The summed E-state index contributed by atoms with van der Waals surface area (Å²) in [5, 5.41) is 3.86. The summed E-state index contributed by atoms with van der Waals surface area (Å²) in [5.41, 5.74) is 0.928. The van der Waals surface area contributed by atoms with E-state index in [9.17, 15) is 4.79 Å². The Labute approximate surface area is 118 Å². The number of carbonyl (C=O) groups is 1. The Kier molecular flexibility index (Phi) is 4.66. The van der Waals surface area contributed by atoms with Crippen molar-refractivity contribution in [2.75, 3.05) is 27.2 Å². The zero-order chi connectivity index (χ0) is 13.8. The van der Waals surface area contributed by atoms with Crippen LogP contribution in [0.5, 0.6) is 5.75 Å². The number of rotatable bonds is 4. The first kappa shape index (κ1) is 14.2. The van der Waals surface area contributed by atoms with E-state index in [0.717, 1.165) is 30.8 Å². The second kappa shape index (κ2) is 6.26. The number of amides is 1. The molecular formula is C14H19ClN2O2. The van der Waals surface area contributed by atoms with Crippen molar-refractivity contribution in [2.45, 2.75) is 13.0 Å². The van der Waals surface area contributed by atoms with E-state index in [0.29, 0.717) is 11.6 Å². The Morgan fingerprint density at radius 1 is 1.58 bits per heavy atom. The summed E-state index contributed by atoms with van der Waals surface area (Å²) in [6.07, 6.45) is 0.913. The highest BCUT2D eigenvalue weighted by Crippen LogP contribution is 2.24. The van der Waals surface area contributed by atoms with Gasteiger partial charge >= 0.3 is 0 Å². The molecule has 0 saturated carbocycles. The van der Waals surface area contributed by atoms with Crippen LogP contribution >= 0.6 is 11.6 Å². The Hall–Kier alpha value is -1.26. The molecule has 1 aromatic rings. The molecule has 1 aliphatic heterocycles. The lowest BCUT2D eigenvalue weighted by Crippen LogP contribution is -2.33. The Morgan fingerprint density at radius 2 is 2.37 bits per heavy atom. The molecule has 0 bridgehead atoms. The Bertz CT molecular complexity index is 459. The van der Waals surface area contributed by atoms with Crippen molar-refractivity contribution in [1.82, 2.24) is 10.2 Å². The number of halogens is 1. The van der Waals surface area contributed by atoms with Crippen LogP contribution in [0.1, 0.15) is 12.0 Å². The summed E-state index contributed by atoms with van der Waals surface area (Å²) in [4.78, 5) is 14.0. The number of methoxy groups -OCH3 is 1. The molecule has 0 spiro atoms. The van der Waals surface area contributed by atoms with Crippen molar-refractivity contribution in [3.63, 3.8) is 0 Å². The standard InChI is InChI=1S/C14H19ClN2O2/c1-17(14(18)10-5-6-16-8-10)9-11-7-12(15)3-4-13(11)19-2/h3-4,7,10,16H,5-6,8-9H2,1-2H3/t10-/m0/s1. The molecule has 2 rings (SSSR count). The van der Waals surface area contributed by atoms with Gasteiger partial charge in [0.05, 0.1) is 13.0 Å². The monoisotopic (exact) mass is 282 g/mol. The zero-order valence-corrected chi connectivity index (χ0v) is 12.0. The van der Waals surface area contributed by atoms with E-state index in [1.807, 2.05) is 19.2 Å². The second-order valence-electron chi connectivity index (χ2n) is 4.84. The maximum absolute atomic E-state index is 12.2. The fraction of sp³-hybridized carbons (Fsp3) is 0.500. The number of ether oxygens (including phenoxy) is 1. The van der Waals surface area contributed by atoms with Crippen LogP contribution in [0, 0.1) is 5.92 Å². The second-order valence-corrected chi connectivity index (χ2v) is 5.28. The summed E-state index contributed by atoms with van der Waals surface area (Å²) < 4.78 is 5.30. The van der Waals surface area contributed by atoms with Gasteiger partial charge in [0.25, 0.3) is 0 Å². The van der Waals surface area contributed by atoms with Gasteiger partial charge in [-0.05, 0) is 31.2 Å². The van der Waals surface area contributed by atoms with Gasteiger partial charge in [0, 0.05) is 30.7 Å². The summed E-state index contributed by atoms with van der Waals surface area (Å²) in [6, 6.07) is 5.46. The lowest BCUT2D eigenvalue weighted by molar-refractivity contribution is -0.134. The van der Waals surface area contributed by atoms with E-state index in [4.69, 9.17) is 16.3 Å². The molecule has 1 saturated heterocycles. The topological polar surface area (TPSA) is 41.6 Å². The van der Waals surface area contributed by atoms with E-state index in [1.165, 1.54) is 0 Å². The fourth-order valence-corrected chi connectivity index (χ4v) is 2.58. The van der Waals surface area contributed by atoms with E-state index in [-0.39, 0.29) is 11.8 Å². The number of hydrogen-bond donors (Lipinski definition) is 1. The van der Waals surface area contributed by atoms with Crippen LogP contribution < -0.4 is 10.1 Å². The van der Waals surface area contributed by atoms with Gasteiger partial charge in [-0.15, -0.1) is 0 Å². The minimum Gasteiger partial charge on any atom is -0.496 e. The molecule has 19 heavy (non-hydrogen) atoms. The van der Waals surface area contributed by atoms with Crippen molar-refractivity contribution in [2.24, 2.45) is 5.92 Å². The van der Waals surface area contributed by atoms with Crippen LogP contribution in [0.25, 0.3) is 0 Å². The van der Waals surface area contributed by atoms with Crippen molar-refractivity contribution < 1.29 is 9.53 Å². The molecule has 0 radical (unpaired) electrons. The molecule has 1 aliphatic rings. The third-order valence-corrected chi connectivity index (χ3v) is 3.67. The van der Waals surface area contributed by atoms with Gasteiger partial charge in [-0.1, -0.05) is 11.6 Å². The van der Waals surface area contributed by atoms with E-state index >= 15 is 0 Å². The third-order valence-electron chi connectivity index (χ3n) is 3.44. The summed E-state index contributed by atoms with van der Waals surface area (Å²) in [5.74, 6) is 1.02. The van der Waals surface area contributed by atoms with Crippen molar-refractivity contribution in [1.29, 1.82) is 0 Å². The molecule has 0 aromatic heterocycles. The lowest BCUT2D eigenvalue weighted by atomic mass is 10.1. The number of nitrogens with one attached hydrogen (secondary N) is 1. The van der Waals surface area contributed by atoms with Crippen LogP contribution in [0.2, 0.25) is 5.02 Å². The first-order valence-corrected chi connectivity index (χ1v) is 6.77. The summed E-state index contributed by atoms with van der Waals surface area (Å²) in [7, 11) is 3.44. The van der Waals surface area contributed by atoms with Crippen LogP contribution in [0.15, 0.2) is 18.2 Å². The molecule has 104 valence electrons. The number of hydrogen-bond acceptors (Lipinski definition) is 3. The smallest absolute Gasteiger partial charge is 0.227 e. The molecule has 0 unspecified atom stereocenters. The van der Waals surface area contributed by atoms with Gasteiger partial charge in [0.15, 0.2) is 0 Å². The first-order chi connectivity index (χ1) is 9.11. The van der Waals surface area contributed by atoms with Crippen molar-refractivity contribution in [3.8, 4) is 5.75 Å². The number of benzene rings is 1. The maximum atomic E-state index is 12.2. The first-order valence-electron chi connectivity index (χ1n) is 6.40. The van der Waals surface area contributed by atoms with Crippen LogP contribution in [-0.2, 0) is 11.3 Å². The third kappa shape index (κ3) is 3.39. The van der Waals surface area contributed by atoms with E-state index < -0.39 is 0 Å². The quantitative estimate of drug-likeness (QED) is 0.917. The molecule has 1 amide bonds. The number of carbonyl (C=O) groups excluding carboxylic acids is 1. The molecule has 1 atom stereocenters. The molecule has 5 heteroatoms. The Balaban J connectivity index is 2.07. The van der Waals surface area contributed by atoms with Gasteiger partial charge in [0.1, 0.15) is 5.75 Å². The van der Waals surface area contributed by atoms with Gasteiger partial charge < -0.3 is 15.0 Å². The SMILES string of the molecule is COc1ccc(Cl)cc1CN(C)C(=O)[C@H]1CCNC1. The summed E-state index contributed by atoms with van der Waals surface area (Å²) >= 11 is 5.99. The van der Waals surface area contributed by atoms with E-state index in [2.05, 4.69) is 5.32 Å². The van der Waals surface area contributed by atoms with Gasteiger partial charge in [-0.25, -0.2) is 0 Å². The number of nitrogens with zero attached hydrogens (tertiary/aromatic N) is 1. The average molecular weight is 283 g/mol. The van der Waals surface area contributed by atoms with Crippen LogP contribution in [0.4, 0.5) is 0 Å². The van der Waals surface area contributed by atoms with Crippen LogP contribution in [-0.4, -0.2) is 38.1 Å². The highest BCUT2D eigenvalue weighted by Gasteiger charge is 2.25. The van der Waals surface area contributed by atoms with Crippen LogP contribution in [0.3, 0.4) is 0 Å². The molecule has 0 aliphatic carbocycles. The minimum absolute atomic E-state index is 0.0928. The minimum atomic E-state index is 0.0928. The van der Waals surface area contributed by atoms with Crippen molar-refractivity contribution in [3.05, 3.63) is 28.8 Å². The zero-order valence-electron chi connectivity index (χ0n) is 11.3. The lowest BCUT2D eigenvalue weighted by Gasteiger charge is -2.22. The van der Waals surface area contributed by atoms with E-state index in [1.54, 1.807) is 18.1 Å². The molecule has 1 N–H and O–H groups in total. The fourth-order valence-electron chi connectivity index (χ4n) is 2.38. The Morgan fingerprint density at radius 3 is 3.00 bits per heavy atom. The van der Waals surface area contributed by atoms with Gasteiger partial charge in [0.2, 0.25) is 5.91 Å².